The Morgan fingerprint density at radius 1 is 1.24 bits per heavy atom. The summed E-state index contributed by atoms with van der Waals surface area (Å²) in [6.07, 6.45) is 0. The van der Waals surface area contributed by atoms with Gasteiger partial charge in [-0.05, 0) is 36.9 Å². The second-order valence-electron chi connectivity index (χ2n) is 5.00. The normalized spacial score (nSPS) is 10.7. The molecule has 0 bridgehead atoms. The molecule has 0 fully saturated rings. The largest absolute Gasteiger partial charge is 0.340 e. The standard InChI is InChI=1S/C16H20BrN3O/c1-18-10-11-19(2)16(21)15-9-8-14(20(15)3)12-4-6-13(17)7-5-12/h4-9,18H,10-11H2,1-3H3. The summed E-state index contributed by atoms with van der Waals surface area (Å²) in [6, 6.07) is 12.0. The van der Waals surface area contributed by atoms with Crippen molar-refractivity contribution in [1.29, 1.82) is 0 Å². The fourth-order valence-electron chi connectivity index (χ4n) is 2.21. The van der Waals surface area contributed by atoms with Gasteiger partial charge in [0.1, 0.15) is 5.69 Å². The number of halogens is 1. The number of nitrogens with one attached hydrogen (secondary N) is 1. The summed E-state index contributed by atoms with van der Waals surface area (Å²) < 4.78 is 2.99. The van der Waals surface area contributed by atoms with Crippen molar-refractivity contribution in [2.24, 2.45) is 7.05 Å². The van der Waals surface area contributed by atoms with Crippen LogP contribution in [0.1, 0.15) is 10.5 Å². The lowest BCUT2D eigenvalue weighted by Gasteiger charge is -2.17. The van der Waals surface area contributed by atoms with Crippen molar-refractivity contribution in [2.75, 3.05) is 27.2 Å². The Labute approximate surface area is 133 Å². The van der Waals surface area contributed by atoms with Crippen molar-refractivity contribution in [3.8, 4) is 11.3 Å². The quantitative estimate of drug-likeness (QED) is 0.900. The maximum Gasteiger partial charge on any atom is 0.270 e. The molecule has 0 atom stereocenters. The first kappa shape index (κ1) is 15.8. The number of likely N-dealkylation sites (N-methyl/N-ethyl adjacent to an activating group) is 2. The third kappa shape index (κ3) is 3.54. The molecular formula is C16H20BrN3O. The highest BCUT2D eigenvalue weighted by Gasteiger charge is 2.16. The highest BCUT2D eigenvalue weighted by atomic mass is 79.9. The van der Waals surface area contributed by atoms with E-state index in [1.807, 2.05) is 62.1 Å². The zero-order valence-corrected chi connectivity index (χ0v) is 14.1. The molecule has 21 heavy (non-hydrogen) atoms. The number of hydrogen-bond acceptors (Lipinski definition) is 2. The van der Waals surface area contributed by atoms with Gasteiger partial charge in [0.05, 0.1) is 0 Å². The second-order valence-corrected chi connectivity index (χ2v) is 5.92. The second kappa shape index (κ2) is 6.91. The Hall–Kier alpha value is -1.59. The molecular weight excluding hydrogens is 330 g/mol. The van der Waals surface area contributed by atoms with E-state index in [0.29, 0.717) is 12.2 Å². The van der Waals surface area contributed by atoms with Crippen molar-refractivity contribution in [3.05, 3.63) is 46.6 Å². The summed E-state index contributed by atoms with van der Waals surface area (Å²) >= 11 is 3.43. The molecule has 0 saturated carbocycles. The number of carbonyl (C=O) groups is 1. The van der Waals surface area contributed by atoms with Crippen molar-refractivity contribution in [3.63, 3.8) is 0 Å². The minimum Gasteiger partial charge on any atom is -0.340 e. The number of benzene rings is 1. The minimum atomic E-state index is 0.0381. The molecule has 0 spiro atoms. The van der Waals surface area contributed by atoms with Crippen LogP contribution in [0.3, 0.4) is 0 Å². The smallest absolute Gasteiger partial charge is 0.270 e. The van der Waals surface area contributed by atoms with E-state index in [4.69, 9.17) is 0 Å². The average molecular weight is 350 g/mol. The summed E-state index contributed by atoms with van der Waals surface area (Å²) in [5.74, 6) is 0.0381. The molecule has 0 aliphatic carbocycles. The maximum absolute atomic E-state index is 12.4. The topological polar surface area (TPSA) is 37.3 Å². The van der Waals surface area contributed by atoms with E-state index in [9.17, 15) is 4.79 Å². The fraction of sp³-hybridized carbons (Fsp3) is 0.312. The molecule has 0 aliphatic rings. The van der Waals surface area contributed by atoms with Gasteiger partial charge < -0.3 is 14.8 Å². The summed E-state index contributed by atoms with van der Waals surface area (Å²) in [5, 5.41) is 3.05. The van der Waals surface area contributed by atoms with Crippen LogP contribution in [0.4, 0.5) is 0 Å². The van der Waals surface area contributed by atoms with Crippen LogP contribution in [0.5, 0.6) is 0 Å². The average Bonchev–Trinajstić information content (AvgIpc) is 2.86. The van der Waals surface area contributed by atoms with Gasteiger partial charge in [-0.2, -0.15) is 0 Å². The molecule has 2 aromatic rings. The number of hydrogen-bond donors (Lipinski definition) is 1. The maximum atomic E-state index is 12.4. The molecule has 1 amide bonds. The first-order chi connectivity index (χ1) is 10.0. The lowest BCUT2D eigenvalue weighted by molar-refractivity contribution is 0.0787. The highest BCUT2D eigenvalue weighted by molar-refractivity contribution is 9.10. The van der Waals surface area contributed by atoms with Crippen molar-refractivity contribution in [2.45, 2.75) is 0 Å². The van der Waals surface area contributed by atoms with Gasteiger partial charge in [0, 0.05) is 37.4 Å². The highest BCUT2D eigenvalue weighted by Crippen LogP contribution is 2.24. The molecule has 112 valence electrons. The zero-order valence-electron chi connectivity index (χ0n) is 12.6. The number of rotatable bonds is 5. The van der Waals surface area contributed by atoms with Crippen LogP contribution >= 0.6 is 15.9 Å². The lowest BCUT2D eigenvalue weighted by atomic mass is 10.1. The monoisotopic (exact) mass is 349 g/mol. The van der Waals surface area contributed by atoms with E-state index in [0.717, 1.165) is 22.3 Å². The van der Waals surface area contributed by atoms with Crippen LogP contribution in [0, 0.1) is 0 Å². The van der Waals surface area contributed by atoms with E-state index >= 15 is 0 Å². The molecule has 4 nitrogen and oxygen atoms in total. The first-order valence-corrected chi connectivity index (χ1v) is 7.65. The van der Waals surface area contributed by atoms with Gasteiger partial charge in [-0.1, -0.05) is 28.1 Å². The van der Waals surface area contributed by atoms with E-state index in [2.05, 4.69) is 21.2 Å². The molecule has 1 aromatic heterocycles. The molecule has 5 heteroatoms. The first-order valence-electron chi connectivity index (χ1n) is 6.86. The summed E-state index contributed by atoms with van der Waals surface area (Å²) in [7, 11) is 5.63. The van der Waals surface area contributed by atoms with E-state index in [1.165, 1.54) is 0 Å². The molecule has 1 heterocycles. The van der Waals surface area contributed by atoms with Crippen molar-refractivity contribution >= 4 is 21.8 Å². The van der Waals surface area contributed by atoms with Crippen LogP contribution in [-0.2, 0) is 7.05 Å². The van der Waals surface area contributed by atoms with Gasteiger partial charge in [-0.3, -0.25) is 4.79 Å². The van der Waals surface area contributed by atoms with Crippen LogP contribution < -0.4 is 5.32 Å². The van der Waals surface area contributed by atoms with Gasteiger partial charge in [0.2, 0.25) is 0 Å². The molecule has 1 aromatic carbocycles. The van der Waals surface area contributed by atoms with E-state index in [-0.39, 0.29) is 5.91 Å². The SMILES string of the molecule is CNCCN(C)C(=O)c1ccc(-c2ccc(Br)cc2)n1C. The Morgan fingerprint density at radius 3 is 2.52 bits per heavy atom. The van der Waals surface area contributed by atoms with Gasteiger partial charge in [0.15, 0.2) is 0 Å². The fourth-order valence-corrected chi connectivity index (χ4v) is 2.48. The zero-order chi connectivity index (χ0) is 15.4. The number of carbonyl (C=O) groups excluding carboxylic acids is 1. The number of aromatic nitrogens is 1. The molecule has 0 aliphatic heterocycles. The van der Waals surface area contributed by atoms with Gasteiger partial charge >= 0.3 is 0 Å². The molecule has 1 N–H and O–H groups in total. The molecule has 2 rings (SSSR count). The van der Waals surface area contributed by atoms with Crippen molar-refractivity contribution < 1.29 is 4.79 Å². The van der Waals surface area contributed by atoms with Crippen LogP contribution in [-0.4, -0.2) is 42.6 Å². The van der Waals surface area contributed by atoms with Gasteiger partial charge in [0.25, 0.3) is 5.91 Å². The summed E-state index contributed by atoms with van der Waals surface area (Å²) in [4.78, 5) is 14.2. The molecule has 0 radical (unpaired) electrons. The van der Waals surface area contributed by atoms with E-state index < -0.39 is 0 Å². The minimum absolute atomic E-state index is 0.0381. The Bertz CT molecular complexity index is 619. The Balaban J connectivity index is 2.24. The van der Waals surface area contributed by atoms with Crippen LogP contribution in [0.25, 0.3) is 11.3 Å². The van der Waals surface area contributed by atoms with Crippen LogP contribution in [0.15, 0.2) is 40.9 Å². The number of amides is 1. The number of nitrogens with zero attached hydrogens (tertiary/aromatic N) is 2. The third-order valence-electron chi connectivity index (χ3n) is 3.52. The van der Waals surface area contributed by atoms with Crippen LogP contribution in [0.2, 0.25) is 0 Å². The molecule has 0 unspecified atom stereocenters. The Kier molecular flexibility index (Phi) is 5.20. The lowest BCUT2D eigenvalue weighted by Crippen LogP contribution is -2.33. The third-order valence-corrected chi connectivity index (χ3v) is 4.05. The predicted octanol–water partition coefficient (Wildman–Crippen LogP) is 2.75. The predicted molar refractivity (Wildman–Crippen MR) is 89.4 cm³/mol. The van der Waals surface area contributed by atoms with Crippen molar-refractivity contribution in [1.82, 2.24) is 14.8 Å². The van der Waals surface area contributed by atoms with E-state index in [1.54, 1.807) is 4.90 Å². The summed E-state index contributed by atoms with van der Waals surface area (Å²) in [5.41, 5.74) is 2.83. The van der Waals surface area contributed by atoms with Gasteiger partial charge in [-0.15, -0.1) is 0 Å². The Morgan fingerprint density at radius 2 is 1.90 bits per heavy atom. The molecule has 0 saturated heterocycles. The summed E-state index contributed by atoms with van der Waals surface area (Å²) in [6.45, 7) is 1.47. The van der Waals surface area contributed by atoms with Gasteiger partial charge in [-0.25, -0.2) is 0 Å².